The van der Waals surface area contributed by atoms with E-state index >= 15 is 0 Å². The van der Waals surface area contributed by atoms with Crippen LogP contribution < -0.4 is 20.3 Å². The second kappa shape index (κ2) is 11.6. The first-order valence-corrected chi connectivity index (χ1v) is 13.3. The number of ether oxygens (including phenoxy) is 2. The average molecular weight is 579 g/mol. The standard InChI is InChI=1S/C32H23ClN4O5/c1-40-27-12-6-8-21(30(27)41-19-29(38)35-23-15-13-22(33)14-16-23)18-34-37-31(28-17-20-7-2-5-11-26(20)42-28)36-25-10-4-3-9-24(25)32(37)39/h2-18H,19H2,1H3,(H,35,38). The van der Waals surface area contributed by atoms with Crippen molar-refractivity contribution in [3.63, 3.8) is 0 Å². The van der Waals surface area contributed by atoms with E-state index in [2.05, 4.69) is 10.4 Å². The van der Waals surface area contributed by atoms with Crippen molar-refractivity contribution < 1.29 is 18.7 Å². The Balaban J connectivity index is 1.36. The number of halogens is 1. The number of rotatable bonds is 8. The number of nitrogens with zero attached hydrogens (tertiary/aromatic N) is 3. The summed E-state index contributed by atoms with van der Waals surface area (Å²) in [5.74, 6) is 0.908. The molecule has 10 heteroatoms. The molecule has 2 aromatic heterocycles. The topological polar surface area (TPSA) is 108 Å². The van der Waals surface area contributed by atoms with Crippen LogP contribution in [0.4, 0.5) is 5.69 Å². The molecular weight excluding hydrogens is 556 g/mol. The molecule has 0 aliphatic heterocycles. The fraction of sp³-hybridized carbons (Fsp3) is 0.0625. The fourth-order valence-electron chi connectivity index (χ4n) is 4.42. The monoisotopic (exact) mass is 578 g/mol. The molecule has 1 N–H and O–H groups in total. The number of aromatic nitrogens is 2. The zero-order valence-corrected chi connectivity index (χ0v) is 23.0. The molecule has 42 heavy (non-hydrogen) atoms. The smallest absolute Gasteiger partial charge is 0.282 e. The van der Waals surface area contributed by atoms with Crippen molar-refractivity contribution in [3.05, 3.63) is 118 Å². The Labute approximate surface area is 244 Å². The van der Waals surface area contributed by atoms with E-state index < -0.39 is 0 Å². The van der Waals surface area contributed by atoms with Gasteiger partial charge in [0.2, 0.25) is 5.82 Å². The van der Waals surface area contributed by atoms with Crippen molar-refractivity contribution in [2.45, 2.75) is 0 Å². The molecule has 0 radical (unpaired) electrons. The van der Waals surface area contributed by atoms with Gasteiger partial charge in [-0.1, -0.05) is 48.0 Å². The largest absolute Gasteiger partial charge is 0.493 e. The molecule has 9 nitrogen and oxygen atoms in total. The number of nitrogens with one attached hydrogen (secondary N) is 1. The van der Waals surface area contributed by atoms with E-state index in [1.165, 1.54) is 18.0 Å². The number of methoxy groups -OCH3 is 1. The number of hydrogen-bond acceptors (Lipinski definition) is 7. The molecule has 0 atom stereocenters. The van der Waals surface area contributed by atoms with Crippen LogP contribution in [0.5, 0.6) is 11.5 Å². The molecule has 0 bridgehead atoms. The van der Waals surface area contributed by atoms with Crippen LogP contribution in [0, 0.1) is 0 Å². The molecular formula is C32H23ClN4O5. The first-order valence-electron chi connectivity index (χ1n) is 12.9. The molecule has 6 aromatic rings. The van der Waals surface area contributed by atoms with Crippen LogP contribution >= 0.6 is 11.6 Å². The lowest BCUT2D eigenvalue weighted by molar-refractivity contribution is -0.118. The lowest BCUT2D eigenvalue weighted by Gasteiger charge is -2.13. The fourth-order valence-corrected chi connectivity index (χ4v) is 4.55. The quantitative estimate of drug-likeness (QED) is 0.210. The molecule has 0 unspecified atom stereocenters. The zero-order chi connectivity index (χ0) is 29.1. The van der Waals surface area contributed by atoms with Crippen molar-refractivity contribution in [1.29, 1.82) is 0 Å². The molecule has 0 spiro atoms. The van der Waals surface area contributed by atoms with Gasteiger partial charge in [-0.3, -0.25) is 9.59 Å². The summed E-state index contributed by atoms with van der Waals surface area (Å²) in [7, 11) is 1.49. The summed E-state index contributed by atoms with van der Waals surface area (Å²) in [6, 6.07) is 28.3. The van der Waals surface area contributed by atoms with Gasteiger partial charge in [0.15, 0.2) is 23.9 Å². The molecule has 0 saturated heterocycles. The maximum Gasteiger partial charge on any atom is 0.282 e. The van der Waals surface area contributed by atoms with E-state index in [1.54, 1.807) is 60.7 Å². The van der Waals surface area contributed by atoms with Crippen molar-refractivity contribution in [3.8, 4) is 23.1 Å². The third-order valence-electron chi connectivity index (χ3n) is 6.42. The Morgan fingerprint density at radius 1 is 1.02 bits per heavy atom. The predicted octanol–water partition coefficient (Wildman–Crippen LogP) is 6.37. The summed E-state index contributed by atoms with van der Waals surface area (Å²) in [5.41, 5.74) is 1.85. The van der Waals surface area contributed by atoms with Gasteiger partial charge in [-0.15, -0.1) is 0 Å². The first-order chi connectivity index (χ1) is 20.5. The number of hydrogen-bond donors (Lipinski definition) is 1. The van der Waals surface area contributed by atoms with E-state index in [1.807, 2.05) is 36.4 Å². The number of carbonyl (C=O) groups is 1. The molecule has 1 amide bonds. The minimum atomic E-state index is -0.381. The lowest BCUT2D eigenvalue weighted by atomic mass is 10.2. The third-order valence-corrected chi connectivity index (χ3v) is 6.67. The normalized spacial score (nSPS) is 11.3. The number of amides is 1. The van der Waals surface area contributed by atoms with Crippen LogP contribution in [0.25, 0.3) is 33.5 Å². The number of carbonyl (C=O) groups excluding carboxylic acids is 1. The molecule has 0 aliphatic carbocycles. The van der Waals surface area contributed by atoms with Gasteiger partial charge in [0.1, 0.15) is 5.58 Å². The van der Waals surface area contributed by atoms with E-state index in [9.17, 15) is 9.59 Å². The van der Waals surface area contributed by atoms with Gasteiger partial charge in [0.25, 0.3) is 11.5 Å². The van der Waals surface area contributed by atoms with Gasteiger partial charge < -0.3 is 19.2 Å². The van der Waals surface area contributed by atoms with Crippen LogP contribution in [0.15, 0.2) is 111 Å². The van der Waals surface area contributed by atoms with Crippen molar-refractivity contribution in [2.24, 2.45) is 5.10 Å². The Morgan fingerprint density at radius 3 is 2.62 bits per heavy atom. The molecule has 0 fully saturated rings. The molecule has 0 saturated carbocycles. The SMILES string of the molecule is COc1cccc(C=Nn2c(-c3cc4ccccc4o3)nc3ccccc3c2=O)c1OCC(=O)Nc1ccc(Cl)cc1. The summed E-state index contributed by atoms with van der Waals surface area (Å²) in [6.45, 7) is -0.300. The maximum absolute atomic E-state index is 13.6. The Hall–Kier alpha value is -5.41. The number of fused-ring (bicyclic) bond motifs is 2. The zero-order valence-electron chi connectivity index (χ0n) is 22.3. The average Bonchev–Trinajstić information content (AvgIpc) is 3.45. The molecule has 2 heterocycles. The highest BCUT2D eigenvalue weighted by Crippen LogP contribution is 2.31. The minimum absolute atomic E-state index is 0.235. The Bertz CT molecular complexity index is 1980. The van der Waals surface area contributed by atoms with E-state index in [0.29, 0.717) is 44.3 Å². The van der Waals surface area contributed by atoms with Crippen LogP contribution in [0.3, 0.4) is 0 Å². The van der Waals surface area contributed by atoms with Gasteiger partial charge in [-0.05, 0) is 60.7 Å². The summed E-state index contributed by atoms with van der Waals surface area (Å²) in [4.78, 5) is 30.9. The molecule has 0 aliphatic rings. The summed E-state index contributed by atoms with van der Waals surface area (Å²) < 4.78 is 18.6. The Kier molecular flexibility index (Phi) is 7.40. The first kappa shape index (κ1) is 26.8. The number of benzene rings is 4. The van der Waals surface area contributed by atoms with Crippen LogP contribution in [-0.4, -0.2) is 35.5 Å². The maximum atomic E-state index is 13.6. The van der Waals surface area contributed by atoms with Crippen LogP contribution in [0.2, 0.25) is 5.02 Å². The van der Waals surface area contributed by atoms with Crippen molar-refractivity contribution in [1.82, 2.24) is 9.66 Å². The second-order valence-corrected chi connectivity index (χ2v) is 9.62. The van der Waals surface area contributed by atoms with Gasteiger partial charge in [-0.25, -0.2) is 4.98 Å². The number of furan rings is 1. The Morgan fingerprint density at radius 2 is 1.81 bits per heavy atom. The van der Waals surface area contributed by atoms with Crippen molar-refractivity contribution in [2.75, 3.05) is 19.0 Å². The van der Waals surface area contributed by atoms with E-state index in [-0.39, 0.29) is 29.6 Å². The van der Waals surface area contributed by atoms with E-state index in [4.69, 9.17) is 30.5 Å². The second-order valence-electron chi connectivity index (χ2n) is 9.18. The lowest BCUT2D eigenvalue weighted by Crippen LogP contribution is -2.21. The van der Waals surface area contributed by atoms with Crippen molar-refractivity contribution >= 4 is 51.3 Å². The third kappa shape index (κ3) is 5.45. The van der Waals surface area contributed by atoms with Crippen LogP contribution in [0.1, 0.15) is 5.56 Å². The summed E-state index contributed by atoms with van der Waals surface area (Å²) in [6.07, 6.45) is 1.46. The summed E-state index contributed by atoms with van der Waals surface area (Å²) in [5, 5.41) is 9.10. The highest BCUT2D eigenvalue weighted by molar-refractivity contribution is 6.30. The summed E-state index contributed by atoms with van der Waals surface area (Å²) >= 11 is 5.92. The molecule has 4 aromatic carbocycles. The van der Waals surface area contributed by atoms with Gasteiger partial charge in [0, 0.05) is 21.7 Å². The highest BCUT2D eigenvalue weighted by Gasteiger charge is 2.17. The van der Waals surface area contributed by atoms with E-state index in [0.717, 1.165) is 5.39 Å². The minimum Gasteiger partial charge on any atom is -0.493 e. The van der Waals surface area contributed by atoms with Gasteiger partial charge >= 0.3 is 0 Å². The predicted molar refractivity (Wildman–Crippen MR) is 163 cm³/mol. The highest BCUT2D eigenvalue weighted by atomic mass is 35.5. The molecule has 6 rings (SSSR count). The number of para-hydroxylation sites is 3. The van der Waals surface area contributed by atoms with Gasteiger partial charge in [-0.2, -0.15) is 9.78 Å². The molecule has 208 valence electrons. The van der Waals surface area contributed by atoms with Gasteiger partial charge in [0.05, 0.1) is 24.2 Å². The number of anilines is 1. The van der Waals surface area contributed by atoms with Crippen LogP contribution in [-0.2, 0) is 4.79 Å².